The minimum atomic E-state index is -1.21. The first-order valence-electron chi connectivity index (χ1n) is 9.93. The monoisotopic (exact) mass is 467 g/mol. The second-order valence-electron chi connectivity index (χ2n) is 6.82. The molecule has 1 N–H and O–H groups in total. The number of carbonyl (C=O) groups excluding carboxylic acids is 1. The Kier molecular flexibility index (Phi) is 8.12. The second-order valence-corrected chi connectivity index (χ2v) is 6.82. The Balaban J connectivity index is 2.13. The van der Waals surface area contributed by atoms with E-state index < -0.39 is 35.3 Å². The SMILES string of the molecule is CCOC(=O)C1=C(COCCOC)NC(c2ncc(F)cc2F)=NC1c1ccc(F)c(F)c1. The van der Waals surface area contributed by atoms with Crippen molar-refractivity contribution in [3.8, 4) is 0 Å². The molecule has 2 aromatic rings. The fraction of sp³-hybridized carbons (Fsp3) is 0.318. The fourth-order valence-electron chi connectivity index (χ4n) is 3.11. The van der Waals surface area contributed by atoms with Gasteiger partial charge in [0.25, 0.3) is 0 Å². The van der Waals surface area contributed by atoms with Crippen molar-refractivity contribution in [1.82, 2.24) is 10.3 Å². The normalized spacial score (nSPS) is 15.8. The van der Waals surface area contributed by atoms with Gasteiger partial charge in [0.1, 0.15) is 17.6 Å². The molecule has 0 fully saturated rings. The van der Waals surface area contributed by atoms with E-state index in [1.807, 2.05) is 0 Å². The van der Waals surface area contributed by atoms with Crippen LogP contribution in [-0.2, 0) is 19.0 Å². The number of hydrogen-bond acceptors (Lipinski definition) is 7. The van der Waals surface area contributed by atoms with Gasteiger partial charge in [-0.15, -0.1) is 0 Å². The molecule has 3 rings (SSSR count). The number of benzene rings is 1. The van der Waals surface area contributed by atoms with Crippen molar-refractivity contribution in [1.29, 1.82) is 0 Å². The summed E-state index contributed by atoms with van der Waals surface area (Å²) in [5.41, 5.74) is -0.115. The highest BCUT2D eigenvalue weighted by molar-refractivity contribution is 6.02. The van der Waals surface area contributed by atoms with E-state index in [0.717, 1.165) is 18.3 Å². The average molecular weight is 467 g/mol. The lowest BCUT2D eigenvalue weighted by molar-refractivity contribution is -0.139. The maximum absolute atomic E-state index is 14.4. The molecule has 0 amide bonds. The molecule has 1 aliphatic heterocycles. The number of aliphatic imine (C=N–C) groups is 1. The van der Waals surface area contributed by atoms with Gasteiger partial charge in [-0.2, -0.15) is 0 Å². The molecule has 11 heteroatoms. The summed E-state index contributed by atoms with van der Waals surface area (Å²) < 4.78 is 70.9. The van der Waals surface area contributed by atoms with Crippen LogP contribution >= 0.6 is 0 Å². The number of pyridine rings is 1. The van der Waals surface area contributed by atoms with Crippen LogP contribution in [0.4, 0.5) is 17.6 Å². The Bertz CT molecular complexity index is 1090. The van der Waals surface area contributed by atoms with Crippen LogP contribution in [0, 0.1) is 23.3 Å². The Morgan fingerprint density at radius 1 is 1.09 bits per heavy atom. The molecule has 176 valence electrons. The van der Waals surface area contributed by atoms with Crippen LogP contribution in [0.25, 0.3) is 0 Å². The van der Waals surface area contributed by atoms with E-state index in [4.69, 9.17) is 14.2 Å². The predicted octanol–water partition coefficient (Wildman–Crippen LogP) is 3.21. The standard InChI is InChI=1S/C22H21F4N3O4/c1-3-33-22(30)18-17(11-32-7-6-31-2)28-21(20-16(26)9-13(23)10-27-20)29-19(18)12-4-5-14(24)15(25)8-12/h4-5,8-10,19H,3,6-7,11H2,1-2H3,(H,28,29). The van der Waals surface area contributed by atoms with Gasteiger partial charge in [-0.05, 0) is 24.6 Å². The summed E-state index contributed by atoms with van der Waals surface area (Å²) in [5.74, 6) is -5.08. The first kappa shape index (κ1) is 24.3. The largest absolute Gasteiger partial charge is 0.463 e. The first-order valence-corrected chi connectivity index (χ1v) is 9.93. The molecule has 33 heavy (non-hydrogen) atoms. The van der Waals surface area contributed by atoms with Crippen LogP contribution < -0.4 is 5.32 Å². The van der Waals surface area contributed by atoms with Crippen molar-refractivity contribution in [2.45, 2.75) is 13.0 Å². The van der Waals surface area contributed by atoms with Crippen LogP contribution in [0.2, 0.25) is 0 Å². The smallest absolute Gasteiger partial charge is 0.338 e. The Hall–Kier alpha value is -3.31. The van der Waals surface area contributed by atoms with E-state index >= 15 is 0 Å². The molecule has 2 heterocycles. The van der Waals surface area contributed by atoms with E-state index in [2.05, 4.69) is 15.3 Å². The van der Waals surface area contributed by atoms with E-state index in [1.165, 1.54) is 13.2 Å². The lowest BCUT2D eigenvalue weighted by Gasteiger charge is -2.27. The Labute approximate surface area is 187 Å². The van der Waals surface area contributed by atoms with Gasteiger partial charge < -0.3 is 19.5 Å². The van der Waals surface area contributed by atoms with Crippen molar-refractivity contribution in [3.05, 3.63) is 76.3 Å². The van der Waals surface area contributed by atoms with E-state index in [1.54, 1.807) is 6.92 Å². The molecule has 0 saturated heterocycles. The van der Waals surface area contributed by atoms with Gasteiger partial charge >= 0.3 is 5.97 Å². The summed E-state index contributed by atoms with van der Waals surface area (Å²) in [6, 6.07) is 2.42. The summed E-state index contributed by atoms with van der Waals surface area (Å²) >= 11 is 0. The molecule has 0 aliphatic carbocycles. The van der Waals surface area contributed by atoms with Crippen molar-refractivity contribution in [2.75, 3.05) is 33.5 Å². The number of aromatic nitrogens is 1. The lowest BCUT2D eigenvalue weighted by Crippen LogP contribution is -2.37. The molecule has 7 nitrogen and oxygen atoms in total. The third-order valence-electron chi connectivity index (χ3n) is 4.59. The summed E-state index contributed by atoms with van der Waals surface area (Å²) in [6.07, 6.45) is 0.800. The van der Waals surface area contributed by atoms with Crippen LogP contribution in [0.3, 0.4) is 0 Å². The molecule has 1 aromatic carbocycles. The highest BCUT2D eigenvalue weighted by atomic mass is 19.2. The predicted molar refractivity (Wildman–Crippen MR) is 109 cm³/mol. The number of halogens is 4. The van der Waals surface area contributed by atoms with Gasteiger partial charge in [-0.3, -0.25) is 4.99 Å². The lowest BCUT2D eigenvalue weighted by atomic mass is 9.95. The molecule has 0 saturated carbocycles. The molecule has 1 atom stereocenters. The summed E-state index contributed by atoms with van der Waals surface area (Å²) in [6.45, 7) is 1.91. The van der Waals surface area contributed by atoms with Gasteiger partial charge in [0.05, 0.1) is 43.9 Å². The zero-order valence-corrected chi connectivity index (χ0v) is 17.8. The Morgan fingerprint density at radius 3 is 2.55 bits per heavy atom. The fourth-order valence-corrected chi connectivity index (χ4v) is 3.11. The van der Waals surface area contributed by atoms with Gasteiger partial charge in [-0.1, -0.05) is 6.07 Å². The number of amidine groups is 1. The topological polar surface area (TPSA) is 82.0 Å². The van der Waals surface area contributed by atoms with Crippen LogP contribution in [0.5, 0.6) is 0 Å². The minimum absolute atomic E-state index is 0.0356. The molecule has 0 spiro atoms. The van der Waals surface area contributed by atoms with Crippen LogP contribution in [0.1, 0.15) is 24.2 Å². The molecule has 0 radical (unpaired) electrons. The van der Waals surface area contributed by atoms with Crippen LogP contribution in [-0.4, -0.2) is 50.3 Å². The second kappa shape index (κ2) is 11.0. The summed E-state index contributed by atoms with van der Waals surface area (Å²) in [7, 11) is 1.48. The van der Waals surface area contributed by atoms with Crippen molar-refractivity contribution >= 4 is 11.8 Å². The molecule has 1 aliphatic rings. The van der Waals surface area contributed by atoms with E-state index in [0.29, 0.717) is 6.07 Å². The number of rotatable bonds is 9. The number of nitrogens with zero attached hydrogens (tertiary/aromatic N) is 2. The maximum atomic E-state index is 14.4. The van der Waals surface area contributed by atoms with Crippen LogP contribution in [0.15, 0.2) is 46.7 Å². The number of ether oxygens (including phenoxy) is 3. The van der Waals surface area contributed by atoms with Crippen molar-refractivity contribution in [3.63, 3.8) is 0 Å². The molecule has 1 unspecified atom stereocenters. The molecular weight excluding hydrogens is 446 g/mol. The van der Waals surface area contributed by atoms with Gasteiger partial charge in [0, 0.05) is 13.2 Å². The maximum Gasteiger partial charge on any atom is 0.338 e. The van der Waals surface area contributed by atoms with Crippen molar-refractivity contribution in [2.24, 2.45) is 4.99 Å². The number of carbonyl (C=O) groups is 1. The zero-order chi connectivity index (χ0) is 24.0. The highest BCUT2D eigenvalue weighted by Gasteiger charge is 2.33. The number of hydrogen-bond donors (Lipinski definition) is 1. The van der Waals surface area contributed by atoms with Gasteiger partial charge in [0.15, 0.2) is 23.3 Å². The van der Waals surface area contributed by atoms with E-state index in [-0.39, 0.29) is 54.8 Å². The third kappa shape index (κ3) is 5.74. The van der Waals surface area contributed by atoms with E-state index in [9.17, 15) is 22.4 Å². The Morgan fingerprint density at radius 2 is 1.88 bits per heavy atom. The first-order chi connectivity index (χ1) is 15.8. The summed E-state index contributed by atoms with van der Waals surface area (Å²) in [5, 5.41) is 2.79. The minimum Gasteiger partial charge on any atom is -0.463 e. The number of methoxy groups -OCH3 is 1. The van der Waals surface area contributed by atoms with Crippen molar-refractivity contribution < 1.29 is 36.6 Å². The molecule has 1 aromatic heterocycles. The highest BCUT2D eigenvalue weighted by Crippen LogP contribution is 2.33. The number of nitrogens with one attached hydrogen (secondary N) is 1. The molecule has 0 bridgehead atoms. The van der Waals surface area contributed by atoms with Gasteiger partial charge in [-0.25, -0.2) is 27.3 Å². The average Bonchev–Trinajstić information content (AvgIpc) is 2.78. The quantitative estimate of drug-likeness (QED) is 0.347. The number of esters is 1. The van der Waals surface area contributed by atoms with Gasteiger partial charge in [0.2, 0.25) is 0 Å². The summed E-state index contributed by atoms with van der Waals surface area (Å²) in [4.78, 5) is 20.9. The third-order valence-corrected chi connectivity index (χ3v) is 4.59. The molecular formula is C22H21F4N3O4. The zero-order valence-electron chi connectivity index (χ0n) is 17.8.